The number of nitrogens with one attached hydrogen (secondary N) is 2. The molecule has 0 bridgehead atoms. The van der Waals surface area contributed by atoms with Gasteiger partial charge in [-0.3, -0.25) is 14.4 Å². The number of piperidine rings is 2. The second-order valence-corrected chi connectivity index (χ2v) is 8.16. The van der Waals surface area contributed by atoms with Gasteiger partial charge >= 0.3 is 0 Å². The largest absolute Gasteiger partial charge is 0.352 e. The lowest BCUT2D eigenvalue weighted by Crippen LogP contribution is -2.53. The molecule has 2 rings (SSSR count). The molecule has 2 aliphatic heterocycles. The number of ketones is 1. The van der Waals surface area contributed by atoms with Crippen molar-refractivity contribution in [2.24, 2.45) is 10.8 Å². The topological polar surface area (TPSA) is 75.3 Å². The summed E-state index contributed by atoms with van der Waals surface area (Å²) in [6.07, 6.45) is 3.38. The first-order valence-corrected chi connectivity index (χ1v) is 8.20. The number of carbonyl (C=O) groups excluding carboxylic acids is 3. The van der Waals surface area contributed by atoms with Gasteiger partial charge < -0.3 is 10.6 Å². The van der Waals surface area contributed by atoms with Crippen LogP contribution in [0, 0.1) is 10.8 Å². The summed E-state index contributed by atoms with van der Waals surface area (Å²) in [5.74, 6) is 0.174. The molecular formula is C17H28N2O3. The maximum atomic E-state index is 12.5. The monoisotopic (exact) mass is 308 g/mol. The standard InChI is InChI=1S/C17H28N2O3/c1-16(2)7-5-14(21)18-12(16)9-11(20)10-13-17(3,4)8-6-15(22)19-13/h12-13H,5-10H2,1-4H3,(H,18,21)(H,19,22)/t12-,13+. The van der Waals surface area contributed by atoms with E-state index in [1.165, 1.54) is 0 Å². The van der Waals surface area contributed by atoms with Crippen LogP contribution in [0.2, 0.25) is 0 Å². The lowest BCUT2D eigenvalue weighted by atomic mass is 9.72. The Hall–Kier alpha value is -1.39. The molecule has 0 aromatic carbocycles. The molecule has 0 aromatic heterocycles. The Balaban J connectivity index is 1.97. The number of carbonyl (C=O) groups is 3. The molecule has 2 amide bonds. The molecular weight excluding hydrogens is 280 g/mol. The number of hydrogen-bond acceptors (Lipinski definition) is 3. The summed E-state index contributed by atoms with van der Waals surface area (Å²) in [5, 5.41) is 5.91. The van der Waals surface area contributed by atoms with E-state index in [0.717, 1.165) is 12.8 Å². The van der Waals surface area contributed by atoms with Crippen LogP contribution in [0.1, 0.15) is 66.2 Å². The second kappa shape index (κ2) is 6.01. The molecule has 2 saturated heterocycles. The Kier molecular flexibility index (Phi) is 4.64. The molecule has 0 radical (unpaired) electrons. The molecule has 5 nitrogen and oxygen atoms in total. The van der Waals surface area contributed by atoms with E-state index in [4.69, 9.17) is 0 Å². The zero-order valence-corrected chi connectivity index (χ0v) is 14.1. The third kappa shape index (κ3) is 3.87. The molecule has 0 aromatic rings. The number of hydrogen-bond donors (Lipinski definition) is 2. The van der Waals surface area contributed by atoms with Crippen molar-refractivity contribution in [2.75, 3.05) is 0 Å². The highest BCUT2D eigenvalue weighted by Crippen LogP contribution is 2.35. The van der Waals surface area contributed by atoms with Crippen molar-refractivity contribution in [1.29, 1.82) is 0 Å². The summed E-state index contributed by atoms with van der Waals surface area (Å²) in [5.41, 5.74) is -0.121. The first-order chi connectivity index (χ1) is 10.1. The van der Waals surface area contributed by atoms with Crippen LogP contribution in [0.5, 0.6) is 0 Å². The Bertz CT molecular complexity index is 440. The highest BCUT2D eigenvalue weighted by atomic mass is 16.2. The van der Waals surface area contributed by atoms with Crippen LogP contribution in [0.15, 0.2) is 0 Å². The number of rotatable bonds is 4. The minimum atomic E-state index is -0.108. The first kappa shape index (κ1) is 17.0. The van der Waals surface area contributed by atoms with E-state index in [0.29, 0.717) is 25.7 Å². The highest BCUT2D eigenvalue weighted by Gasteiger charge is 2.39. The van der Waals surface area contributed by atoms with Crippen molar-refractivity contribution in [3.63, 3.8) is 0 Å². The van der Waals surface area contributed by atoms with E-state index in [9.17, 15) is 14.4 Å². The third-order valence-corrected chi connectivity index (χ3v) is 5.41. The molecule has 0 saturated carbocycles. The van der Waals surface area contributed by atoms with Crippen LogP contribution in [0.3, 0.4) is 0 Å². The third-order valence-electron chi connectivity index (χ3n) is 5.41. The molecule has 22 heavy (non-hydrogen) atoms. The van der Waals surface area contributed by atoms with Crippen molar-refractivity contribution < 1.29 is 14.4 Å². The van der Waals surface area contributed by atoms with Crippen LogP contribution in [0.25, 0.3) is 0 Å². The zero-order chi connectivity index (χ0) is 16.5. The van der Waals surface area contributed by atoms with Gasteiger partial charge in [0.1, 0.15) is 5.78 Å². The van der Waals surface area contributed by atoms with Crippen molar-refractivity contribution in [2.45, 2.75) is 78.3 Å². The van der Waals surface area contributed by atoms with Crippen molar-refractivity contribution in [3.8, 4) is 0 Å². The van der Waals surface area contributed by atoms with Crippen molar-refractivity contribution in [1.82, 2.24) is 10.6 Å². The summed E-state index contributed by atoms with van der Waals surface area (Å²) in [4.78, 5) is 35.7. The molecule has 124 valence electrons. The van der Waals surface area contributed by atoms with Crippen LogP contribution in [-0.2, 0) is 14.4 Å². The van der Waals surface area contributed by atoms with Gasteiger partial charge in [0.15, 0.2) is 0 Å². The van der Waals surface area contributed by atoms with E-state index in [1.54, 1.807) is 0 Å². The Morgan fingerprint density at radius 3 is 1.64 bits per heavy atom. The van der Waals surface area contributed by atoms with Crippen LogP contribution < -0.4 is 10.6 Å². The molecule has 2 atom stereocenters. The minimum Gasteiger partial charge on any atom is -0.352 e. The Morgan fingerprint density at radius 1 is 0.909 bits per heavy atom. The molecule has 0 spiro atoms. The number of Topliss-reactive ketones (excluding diaryl/α,β-unsaturated/α-hetero) is 1. The molecule has 2 N–H and O–H groups in total. The molecule has 2 heterocycles. The molecule has 0 aliphatic carbocycles. The summed E-state index contributed by atoms with van der Waals surface area (Å²) in [7, 11) is 0. The quantitative estimate of drug-likeness (QED) is 0.833. The average molecular weight is 308 g/mol. The van der Waals surface area contributed by atoms with Crippen LogP contribution >= 0.6 is 0 Å². The fourth-order valence-corrected chi connectivity index (χ4v) is 3.34. The SMILES string of the molecule is CC1(C)CCC(=O)N[C@H]1CC(=O)C[C@H]1NC(=O)CCC1(C)C. The highest BCUT2D eigenvalue weighted by molar-refractivity contribution is 5.84. The zero-order valence-electron chi connectivity index (χ0n) is 14.1. The van der Waals surface area contributed by atoms with Crippen LogP contribution in [0.4, 0.5) is 0 Å². The van der Waals surface area contributed by atoms with Gasteiger partial charge in [0.2, 0.25) is 11.8 Å². The Morgan fingerprint density at radius 2 is 1.27 bits per heavy atom. The van der Waals surface area contributed by atoms with E-state index < -0.39 is 0 Å². The van der Waals surface area contributed by atoms with Gasteiger partial charge in [0, 0.05) is 37.8 Å². The summed E-state index contributed by atoms with van der Waals surface area (Å²) in [6, 6.07) is -0.215. The molecule has 2 fully saturated rings. The van der Waals surface area contributed by atoms with E-state index in [-0.39, 0.29) is 40.5 Å². The fraction of sp³-hybridized carbons (Fsp3) is 0.824. The minimum absolute atomic E-state index is 0.0309. The molecule has 0 unspecified atom stereocenters. The van der Waals surface area contributed by atoms with Crippen molar-refractivity contribution >= 4 is 17.6 Å². The maximum absolute atomic E-state index is 12.5. The lowest BCUT2D eigenvalue weighted by Gasteiger charge is -2.40. The predicted octanol–water partition coefficient (Wildman–Crippen LogP) is 1.95. The summed E-state index contributed by atoms with van der Waals surface area (Å²) < 4.78 is 0. The predicted molar refractivity (Wildman–Crippen MR) is 84.1 cm³/mol. The van der Waals surface area contributed by atoms with E-state index in [2.05, 4.69) is 38.3 Å². The van der Waals surface area contributed by atoms with Gasteiger partial charge in [-0.1, -0.05) is 27.7 Å². The van der Waals surface area contributed by atoms with Gasteiger partial charge in [0.05, 0.1) is 0 Å². The maximum Gasteiger partial charge on any atom is 0.220 e. The second-order valence-electron chi connectivity index (χ2n) is 8.16. The van der Waals surface area contributed by atoms with Crippen LogP contribution in [-0.4, -0.2) is 29.7 Å². The van der Waals surface area contributed by atoms with E-state index >= 15 is 0 Å². The molecule has 5 heteroatoms. The number of amides is 2. The summed E-state index contributed by atoms with van der Waals surface area (Å²) >= 11 is 0. The fourth-order valence-electron chi connectivity index (χ4n) is 3.34. The van der Waals surface area contributed by atoms with Crippen molar-refractivity contribution in [3.05, 3.63) is 0 Å². The average Bonchev–Trinajstić information content (AvgIpc) is 2.39. The van der Waals surface area contributed by atoms with E-state index in [1.807, 2.05) is 0 Å². The lowest BCUT2D eigenvalue weighted by molar-refractivity contribution is -0.128. The van der Waals surface area contributed by atoms with Gasteiger partial charge in [0.25, 0.3) is 0 Å². The normalized spacial score (nSPS) is 30.4. The van der Waals surface area contributed by atoms with Gasteiger partial charge in [-0.05, 0) is 23.7 Å². The Labute approximate surface area is 132 Å². The molecule has 2 aliphatic rings. The first-order valence-electron chi connectivity index (χ1n) is 8.20. The van der Waals surface area contributed by atoms with Gasteiger partial charge in [-0.15, -0.1) is 0 Å². The smallest absolute Gasteiger partial charge is 0.220 e. The van der Waals surface area contributed by atoms with Gasteiger partial charge in [-0.2, -0.15) is 0 Å². The summed E-state index contributed by atoms with van der Waals surface area (Å²) in [6.45, 7) is 8.38. The van der Waals surface area contributed by atoms with Gasteiger partial charge in [-0.25, -0.2) is 0 Å².